The fraction of sp³-hybridized carbons (Fsp3) is 0.778. The van der Waals surface area contributed by atoms with Crippen LogP contribution in [0, 0.1) is 57.7 Å². The number of amides is 1. The number of carbonyl (C=O) groups excluding carboxylic acids is 3. The second-order valence-electron chi connectivity index (χ2n) is 16.5. The number of rotatable bonds is 4. The van der Waals surface area contributed by atoms with E-state index in [0.717, 1.165) is 56.1 Å². The Labute approximate surface area is 257 Å². The second-order valence-corrected chi connectivity index (χ2v) is 16.5. The van der Waals surface area contributed by atoms with Crippen molar-refractivity contribution >= 4 is 23.5 Å². The molecule has 6 rings (SSSR count). The number of anilines is 1. The van der Waals surface area contributed by atoms with Crippen LogP contribution in [-0.4, -0.2) is 28.9 Å². The summed E-state index contributed by atoms with van der Waals surface area (Å²) in [4.78, 5) is 40.0. The van der Waals surface area contributed by atoms with Gasteiger partial charge in [-0.15, -0.1) is 0 Å². The fourth-order valence-corrected chi connectivity index (χ4v) is 11.9. The lowest BCUT2D eigenvalue weighted by Crippen LogP contribution is -2.66. The molecule has 5 aliphatic rings. The Kier molecular flexibility index (Phi) is 6.95. The van der Waals surface area contributed by atoms with E-state index >= 15 is 0 Å². The quantitative estimate of drug-likeness (QED) is 0.358. The van der Waals surface area contributed by atoms with Crippen molar-refractivity contribution in [2.45, 2.75) is 126 Å². The average molecular weight is 593 g/mol. The number of esters is 1. The molecule has 0 radical (unpaired) electrons. The molecule has 7 nitrogen and oxygen atoms in total. The maximum Gasteiger partial charge on any atom is 0.302 e. The summed E-state index contributed by atoms with van der Waals surface area (Å²) in [6.45, 7) is 19.8. The van der Waals surface area contributed by atoms with Gasteiger partial charge in [0.25, 0.3) is 0 Å². The summed E-state index contributed by atoms with van der Waals surface area (Å²) < 4.78 is 11.2. The highest BCUT2D eigenvalue weighted by Crippen LogP contribution is 2.76. The van der Waals surface area contributed by atoms with Gasteiger partial charge in [-0.05, 0) is 109 Å². The molecule has 1 heterocycles. The molecule has 236 valence electrons. The van der Waals surface area contributed by atoms with E-state index in [1.54, 1.807) is 6.07 Å². The Bertz CT molecular complexity index is 1390. The summed E-state index contributed by atoms with van der Waals surface area (Å²) in [7, 11) is 0. The molecule has 1 amide bonds. The van der Waals surface area contributed by atoms with Gasteiger partial charge in [-0.2, -0.15) is 0 Å². The maximum atomic E-state index is 14.2. The number of Topliss-reactive ketones (excluding diaryl/α,β-unsaturated/α-hetero) is 1. The van der Waals surface area contributed by atoms with Crippen molar-refractivity contribution in [3.63, 3.8) is 0 Å². The number of ketones is 1. The number of ether oxygens (including phenoxy) is 1. The summed E-state index contributed by atoms with van der Waals surface area (Å²) in [5, 5.41) is 7.09. The number of hydrogen-bond donors (Lipinski definition) is 1. The van der Waals surface area contributed by atoms with Crippen molar-refractivity contribution in [3.8, 4) is 0 Å². The fourth-order valence-electron chi connectivity index (χ4n) is 11.9. The summed E-state index contributed by atoms with van der Waals surface area (Å²) in [5.41, 5.74) is 1.37. The van der Waals surface area contributed by atoms with Gasteiger partial charge in [0, 0.05) is 24.8 Å². The first-order chi connectivity index (χ1) is 20.0. The van der Waals surface area contributed by atoms with E-state index in [2.05, 4.69) is 58.9 Å². The van der Waals surface area contributed by atoms with Crippen molar-refractivity contribution in [1.82, 2.24) is 5.16 Å². The van der Waals surface area contributed by atoms with E-state index in [1.807, 2.05) is 6.92 Å². The van der Waals surface area contributed by atoms with Gasteiger partial charge < -0.3 is 14.6 Å². The van der Waals surface area contributed by atoms with Gasteiger partial charge in [-0.25, -0.2) is 0 Å². The van der Waals surface area contributed by atoms with Crippen molar-refractivity contribution in [2.24, 2.45) is 50.7 Å². The third-order valence-electron chi connectivity index (χ3n) is 14.0. The highest BCUT2D eigenvalue weighted by Gasteiger charge is 2.71. The minimum Gasteiger partial charge on any atom is -0.462 e. The van der Waals surface area contributed by atoms with Crippen LogP contribution in [-0.2, 0) is 19.1 Å². The molecule has 0 bridgehead atoms. The van der Waals surface area contributed by atoms with Gasteiger partial charge in [0.15, 0.2) is 11.6 Å². The van der Waals surface area contributed by atoms with E-state index in [-0.39, 0.29) is 63.7 Å². The molecule has 7 heteroatoms. The molecule has 4 fully saturated rings. The van der Waals surface area contributed by atoms with Crippen LogP contribution in [0.3, 0.4) is 0 Å². The topological polar surface area (TPSA) is 98.5 Å². The zero-order valence-corrected chi connectivity index (χ0v) is 27.8. The maximum absolute atomic E-state index is 14.2. The van der Waals surface area contributed by atoms with Gasteiger partial charge in [-0.3, -0.25) is 14.4 Å². The van der Waals surface area contributed by atoms with Crippen LogP contribution in [0.2, 0.25) is 0 Å². The summed E-state index contributed by atoms with van der Waals surface area (Å²) in [6.07, 6.45) is 8.16. The first-order valence-corrected chi connectivity index (χ1v) is 16.7. The van der Waals surface area contributed by atoms with E-state index in [9.17, 15) is 14.4 Å². The molecular formula is C36H52N2O5. The molecule has 1 N–H and O–H groups in total. The van der Waals surface area contributed by atoms with Gasteiger partial charge in [0.1, 0.15) is 11.9 Å². The van der Waals surface area contributed by atoms with Crippen molar-refractivity contribution in [3.05, 3.63) is 23.0 Å². The van der Waals surface area contributed by atoms with E-state index in [4.69, 9.17) is 9.26 Å². The average Bonchev–Trinajstić information content (AvgIpc) is 3.46. The molecule has 43 heavy (non-hydrogen) atoms. The number of allylic oxidation sites excluding steroid dienone is 1. The lowest BCUT2D eigenvalue weighted by molar-refractivity contribution is -0.232. The Morgan fingerprint density at radius 1 is 0.977 bits per heavy atom. The smallest absolute Gasteiger partial charge is 0.302 e. The van der Waals surface area contributed by atoms with Crippen LogP contribution < -0.4 is 5.32 Å². The summed E-state index contributed by atoms with van der Waals surface area (Å²) in [5.74, 6) is 2.22. The Morgan fingerprint density at radius 3 is 2.33 bits per heavy atom. The zero-order chi connectivity index (χ0) is 31.3. The van der Waals surface area contributed by atoms with E-state index in [0.29, 0.717) is 29.8 Å². The molecule has 1 aromatic heterocycles. The summed E-state index contributed by atoms with van der Waals surface area (Å²) >= 11 is 0. The number of fused-ring (bicyclic) bond motifs is 7. The van der Waals surface area contributed by atoms with Crippen LogP contribution in [0.25, 0.3) is 0 Å². The molecule has 1 aromatic rings. The number of nitrogens with zero attached hydrogens (tertiary/aromatic N) is 1. The highest BCUT2D eigenvalue weighted by molar-refractivity contribution is 6.09. The standard InChI is InChI=1S/C36H52N2O5/c1-20(2)29-24(40)19-36(31(41)37-28-18-21(3)43-38-28)17-16-34(8)23(30(29)36)10-11-26-33(7)14-13-27(42-22(4)39)32(5,6)25(33)12-15-35(26,34)9/h18,20,23,25-27H,10-17,19H2,1-9H3,(H,37,38,41)/t23?,25?,26?,27-,33-,34+,35+,36?/m0/s1. The van der Waals surface area contributed by atoms with Crippen LogP contribution in [0.1, 0.15) is 119 Å². The van der Waals surface area contributed by atoms with Gasteiger partial charge >= 0.3 is 5.97 Å². The van der Waals surface area contributed by atoms with Crippen molar-refractivity contribution in [1.29, 1.82) is 0 Å². The first-order valence-electron chi connectivity index (χ1n) is 16.7. The molecule has 0 aromatic carbocycles. The SMILES string of the molecule is CC(=O)O[C@H]1CC[C@@]2(C)C(CC[C@]3(C)C2CCC2C4=C(C(C)C)C(=O)CC4(C(=O)Nc4cc(C)on4)CC[C@]23C)C1(C)C. The number of aryl methyl sites for hydroxylation is 1. The lowest BCUT2D eigenvalue weighted by atomic mass is 9.33. The number of aromatic nitrogens is 1. The number of carbonyl (C=O) groups is 3. The predicted octanol–water partition coefficient (Wildman–Crippen LogP) is 7.83. The highest BCUT2D eigenvalue weighted by atomic mass is 16.5. The monoisotopic (exact) mass is 592 g/mol. The molecule has 8 atom stereocenters. The second kappa shape index (κ2) is 9.78. The van der Waals surface area contributed by atoms with Crippen molar-refractivity contribution < 1.29 is 23.6 Å². The lowest BCUT2D eigenvalue weighted by Gasteiger charge is -2.72. The minimum absolute atomic E-state index is 0.0187. The Morgan fingerprint density at radius 2 is 1.70 bits per heavy atom. The largest absolute Gasteiger partial charge is 0.462 e. The van der Waals surface area contributed by atoms with Crippen LogP contribution in [0.5, 0.6) is 0 Å². The Hall–Kier alpha value is -2.44. The van der Waals surface area contributed by atoms with E-state index in [1.165, 1.54) is 6.92 Å². The molecule has 0 aliphatic heterocycles. The Balaban J connectivity index is 1.39. The van der Waals surface area contributed by atoms with Gasteiger partial charge in [0.05, 0.1) is 5.41 Å². The molecule has 5 aliphatic carbocycles. The summed E-state index contributed by atoms with van der Waals surface area (Å²) in [6, 6.07) is 1.74. The molecule has 4 saturated carbocycles. The third-order valence-corrected chi connectivity index (χ3v) is 14.0. The molecule has 0 spiro atoms. The molecule has 0 saturated heterocycles. The van der Waals surface area contributed by atoms with Crippen LogP contribution >= 0.6 is 0 Å². The van der Waals surface area contributed by atoms with Gasteiger partial charge in [0.2, 0.25) is 5.91 Å². The van der Waals surface area contributed by atoms with Crippen LogP contribution in [0.15, 0.2) is 21.7 Å². The third kappa shape index (κ3) is 4.11. The van der Waals surface area contributed by atoms with Crippen molar-refractivity contribution in [2.75, 3.05) is 5.32 Å². The van der Waals surface area contributed by atoms with E-state index < -0.39 is 5.41 Å². The number of nitrogens with one attached hydrogen (secondary N) is 1. The first kappa shape index (κ1) is 30.6. The zero-order valence-electron chi connectivity index (χ0n) is 27.8. The van der Waals surface area contributed by atoms with Crippen LogP contribution in [0.4, 0.5) is 5.82 Å². The molecular weight excluding hydrogens is 540 g/mol. The molecule has 4 unspecified atom stereocenters. The minimum atomic E-state index is -0.817. The normalized spacial score (nSPS) is 41.7. The predicted molar refractivity (Wildman–Crippen MR) is 165 cm³/mol. The number of hydrogen-bond acceptors (Lipinski definition) is 6. The van der Waals surface area contributed by atoms with Gasteiger partial charge in [-0.1, -0.05) is 53.6 Å².